The Hall–Kier alpha value is -1.20. The summed E-state index contributed by atoms with van der Waals surface area (Å²) < 4.78 is 0. The number of rotatable bonds is 8. The SMILES string of the molecule is CSCCCCNC(=O)[C@H](N)Cc1ccc(O)cc1. The number of hydrogen-bond acceptors (Lipinski definition) is 4. The number of carbonyl (C=O) groups is 1. The molecule has 0 bridgehead atoms. The minimum absolute atomic E-state index is 0.114. The highest BCUT2D eigenvalue weighted by atomic mass is 32.2. The molecule has 1 amide bonds. The fraction of sp³-hybridized carbons (Fsp3) is 0.500. The average molecular weight is 282 g/mol. The lowest BCUT2D eigenvalue weighted by Crippen LogP contribution is -2.42. The molecule has 0 aliphatic carbocycles. The van der Waals surface area contributed by atoms with E-state index in [1.807, 2.05) is 11.8 Å². The van der Waals surface area contributed by atoms with Crippen LogP contribution in [0.4, 0.5) is 0 Å². The Balaban J connectivity index is 2.26. The summed E-state index contributed by atoms with van der Waals surface area (Å²) in [6.07, 6.45) is 4.65. The van der Waals surface area contributed by atoms with Gasteiger partial charge in [0.25, 0.3) is 0 Å². The van der Waals surface area contributed by atoms with Crippen LogP contribution in [-0.4, -0.2) is 35.6 Å². The molecule has 1 aromatic rings. The number of aromatic hydroxyl groups is 1. The minimum Gasteiger partial charge on any atom is -0.508 e. The van der Waals surface area contributed by atoms with Crippen molar-refractivity contribution in [1.29, 1.82) is 0 Å². The molecule has 0 aromatic heterocycles. The number of hydrogen-bond donors (Lipinski definition) is 3. The predicted octanol–water partition coefficient (Wildman–Crippen LogP) is 1.52. The number of nitrogens with one attached hydrogen (secondary N) is 1. The van der Waals surface area contributed by atoms with Crippen molar-refractivity contribution >= 4 is 17.7 Å². The molecule has 0 heterocycles. The molecular weight excluding hydrogens is 260 g/mol. The van der Waals surface area contributed by atoms with E-state index < -0.39 is 6.04 Å². The molecule has 1 aromatic carbocycles. The van der Waals surface area contributed by atoms with E-state index in [0.717, 1.165) is 24.2 Å². The van der Waals surface area contributed by atoms with Gasteiger partial charge in [0.1, 0.15) is 5.75 Å². The predicted molar refractivity (Wildman–Crippen MR) is 80.4 cm³/mol. The van der Waals surface area contributed by atoms with Gasteiger partial charge in [0.2, 0.25) is 5.91 Å². The Morgan fingerprint density at radius 3 is 2.68 bits per heavy atom. The van der Waals surface area contributed by atoms with Gasteiger partial charge >= 0.3 is 0 Å². The third-order valence-electron chi connectivity index (χ3n) is 2.80. The monoisotopic (exact) mass is 282 g/mol. The molecule has 0 radical (unpaired) electrons. The third kappa shape index (κ3) is 6.50. The van der Waals surface area contributed by atoms with E-state index in [1.54, 1.807) is 24.3 Å². The van der Waals surface area contributed by atoms with Crippen molar-refractivity contribution in [2.45, 2.75) is 25.3 Å². The van der Waals surface area contributed by atoms with Crippen LogP contribution >= 0.6 is 11.8 Å². The van der Waals surface area contributed by atoms with Crippen LogP contribution in [0.3, 0.4) is 0 Å². The van der Waals surface area contributed by atoms with E-state index in [2.05, 4.69) is 11.6 Å². The summed E-state index contributed by atoms with van der Waals surface area (Å²) in [4.78, 5) is 11.8. The summed E-state index contributed by atoms with van der Waals surface area (Å²) in [5, 5.41) is 12.0. The summed E-state index contributed by atoms with van der Waals surface area (Å²) in [5.74, 6) is 1.22. The second-order valence-corrected chi connectivity index (χ2v) is 5.45. The topological polar surface area (TPSA) is 75.4 Å². The maximum absolute atomic E-state index is 11.8. The van der Waals surface area contributed by atoms with Gasteiger partial charge in [-0.2, -0.15) is 11.8 Å². The highest BCUT2D eigenvalue weighted by molar-refractivity contribution is 7.98. The molecule has 4 N–H and O–H groups in total. The van der Waals surface area contributed by atoms with Crippen LogP contribution in [0.15, 0.2) is 24.3 Å². The number of amides is 1. The summed E-state index contributed by atoms with van der Waals surface area (Å²) >= 11 is 1.81. The summed E-state index contributed by atoms with van der Waals surface area (Å²) in [6.45, 7) is 0.683. The highest BCUT2D eigenvalue weighted by Gasteiger charge is 2.13. The van der Waals surface area contributed by atoms with Crippen molar-refractivity contribution in [2.75, 3.05) is 18.6 Å². The Labute approximate surface area is 118 Å². The molecule has 1 rings (SSSR count). The smallest absolute Gasteiger partial charge is 0.237 e. The normalized spacial score (nSPS) is 12.1. The molecule has 0 spiro atoms. The van der Waals surface area contributed by atoms with Crippen molar-refractivity contribution in [1.82, 2.24) is 5.32 Å². The molecule has 4 nitrogen and oxygen atoms in total. The van der Waals surface area contributed by atoms with Crippen LogP contribution in [0, 0.1) is 0 Å². The van der Waals surface area contributed by atoms with Gasteiger partial charge in [-0.25, -0.2) is 0 Å². The maximum Gasteiger partial charge on any atom is 0.237 e. The summed E-state index contributed by atoms with van der Waals surface area (Å²) in [6, 6.07) is 6.22. The summed E-state index contributed by atoms with van der Waals surface area (Å²) in [7, 11) is 0. The van der Waals surface area contributed by atoms with Gasteiger partial charge in [0, 0.05) is 6.54 Å². The minimum atomic E-state index is -0.537. The number of unbranched alkanes of at least 4 members (excludes halogenated alkanes) is 1. The molecule has 1 atom stereocenters. The van der Waals surface area contributed by atoms with E-state index in [4.69, 9.17) is 5.73 Å². The molecule has 5 heteroatoms. The second kappa shape index (κ2) is 8.82. The van der Waals surface area contributed by atoms with Gasteiger partial charge < -0.3 is 16.2 Å². The lowest BCUT2D eigenvalue weighted by atomic mass is 10.1. The molecule has 0 unspecified atom stereocenters. The highest BCUT2D eigenvalue weighted by Crippen LogP contribution is 2.10. The van der Waals surface area contributed by atoms with Gasteiger partial charge in [-0.1, -0.05) is 12.1 Å². The average Bonchev–Trinajstić information content (AvgIpc) is 2.41. The lowest BCUT2D eigenvalue weighted by molar-refractivity contribution is -0.122. The van der Waals surface area contributed by atoms with Gasteiger partial charge in [-0.05, 0) is 49.0 Å². The van der Waals surface area contributed by atoms with E-state index in [9.17, 15) is 9.90 Å². The van der Waals surface area contributed by atoms with Crippen LogP contribution in [0.1, 0.15) is 18.4 Å². The zero-order valence-electron chi connectivity index (χ0n) is 11.3. The number of nitrogens with two attached hydrogens (primary N) is 1. The van der Waals surface area contributed by atoms with Crippen molar-refractivity contribution in [3.05, 3.63) is 29.8 Å². The van der Waals surface area contributed by atoms with Crippen LogP contribution in [0.5, 0.6) is 5.75 Å². The van der Waals surface area contributed by atoms with E-state index in [1.165, 1.54) is 0 Å². The van der Waals surface area contributed by atoms with Crippen molar-refractivity contribution in [3.63, 3.8) is 0 Å². The number of phenolic OH excluding ortho intramolecular Hbond substituents is 1. The Morgan fingerprint density at radius 1 is 1.37 bits per heavy atom. The van der Waals surface area contributed by atoms with Gasteiger partial charge in [0.05, 0.1) is 6.04 Å². The van der Waals surface area contributed by atoms with Crippen LogP contribution in [0.25, 0.3) is 0 Å². The molecule has 0 aliphatic heterocycles. The first kappa shape index (κ1) is 15.9. The first-order chi connectivity index (χ1) is 9.13. The fourth-order valence-electron chi connectivity index (χ4n) is 1.69. The van der Waals surface area contributed by atoms with Gasteiger partial charge in [-0.15, -0.1) is 0 Å². The fourth-order valence-corrected chi connectivity index (χ4v) is 2.19. The van der Waals surface area contributed by atoms with E-state index in [-0.39, 0.29) is 11.7 Å². The van der Waals surface area contributed by atoms with Gasteiger partial charge in [0.15, 0.2) is 0 Å². The van der Waals surface area contributed by atoms with Crippen molar-refractivity contribution in [3.8, 4) is 5.75 Å². The third-order valence-corrected chi connectivity index (χ3v) is 3.50. The summed E-state index contributed by atoms with van der Waals surface area (Å²) in [5.41, 5.74) is 6.80. The number of thioether (sulfide) groups is 1. The second-order valence-electron chi connectivity index (χ2n) is 4.47. The largest absolute Gasteiger partial charge is 0.508 e. The van der Waals surface area contributed by atoms with Crippen molar-refractivity contribution < 1.29 is 9.90 Å². The molecular formula is C14H22N2O2S. The van der Waals surface area contributed by atoms with E-state index in [0.29, 0.717) is 13.0 Å². The van der Waals surface area contributed by atoms with Crippen molar-refractivity contribution in [2.24, 2.45) is 5.73 Å². The van der Waals surface area contributed by atoms with E-state index >= 15 is 0 Å². The first-order valence-corrected chi connectivity index (χ1v) is 7.83. The molecule has 0 fully saturated rings. The lowest BCUT2D eigenvalue weighted by Gasteiger charge is -2.12. The number of carbonyl (C=O) groups excluding carboxylic acids is 1. The van der Waals surface area contributed by atoms with Gasteiger partial charge in [-0.3, -0.25) is 4.79 Å². The number of phenols is 1. The molecule has 0 saturated heterocycles. The quantitative estimate of drug-likeness (QED) is 0.632. The van der Waals surface area contributed by atoms with Crippen LogP contribution < -0.4 is 11.1 Å². The molecule has 106 valence electrons. The Morgan fingerprint density at radius 2 is 2.05 bits per heavy atom. The molecule has 0 aliphatic rings. The zero-order valence-corrected chi connectivity index (χ0v) is 12.1. The van der Waals surface area contributed by atoms with Crippen LogP contribution in [0.2, 0.25) is 0 Å². The first-order valence-electron chi connectivity index (χ1n) is 6.43. The van der Waals surface area contributed by atoms with Crippen LogP contribution in [-0.2, 0) is 11.2 Å². The zero-order chi connectivity index (χ0) is 14.1. The maximum atomic E-state index is 11.8. The standard InChI is InChI=1S/C14H22N2O2S/c1-19-9-3-2-8-16-14(18)13(15)10-11-4-6-12(17)7-5-11/h4-7,13,17H,2-3,8-10,15H2,1H3,(H,16,18)/t13-/m1/s1. The Kier molecular flexibility index (Phi) is 7.36. The molecule has 0 saturated carbocycles. The molecule has 19 heavy (non-hydrogen) atoms. The number of benzene rings is 1. The Bertz CT molecular complexity index is 382.